The lowest BCUT2D eigenvalue weighted by atomic mass is 10.1. The van der Waals surface area contributed by atoms with Crippen molar-refractivity contribution in [3.63, 3.8) is 0 Å². The van der Waals surface area contributed by atoms with E-state index in [0.717, 1.165) is 49.6 Å². The minimum atomic E-state index is -4.27. The first kappa shape index (κ1) is 10.5. The van der Waals surface area contributed by atoms with Gasteiger partial charge in [-0.2, -0.15) is 13.2 Å². The lowest BCUT2D eigenvalue weighted by Crippen LogP contribution is -2.08. The van der Waals surface area contributed by atoms with Gasteiger partial charge in [-0.25, -0.2) is 0 Å². The number of hydrogen-bond donors (Lipinski definition) is 0. The molecule has 4 heteroatoms. The topological polar surface area (TPSA) is 12.9 Å². The van der Waals surface area contributed by atoms with Gasteiger partial charge in [-0.05, 0) is 37.3 Å². The predicted octanol–water partition coefficient (Wildman–Crippen LogP) is 3.37. The van der Waals surface area contributed by atoms with Crippen LogP contribution in [0.2, 0.25) is 0 Å². The fourth-order valence-corrected chi connectivity index (χ4v) is 1.92. The lowest BCUT2D eigenvalue weighted by molar-refractivity contribution is -0.137. The van der Waals surface area contributed by atoms with Crippen LogP contribution in [0.4, 0.5) is 13.2 Å². The highest BCUT2D eigenvalue weighted by atomic mass is 19.4. The Hall–Kier alpha value is -1.06. The van der Waals surface area contributed by atoms with Crippen molar-refractivity contribution in [3.05, 3.63) is 29.1 Å². The van der Waals surface area contributed by atoms with E-state index in [0.29, 0.717) is 0 Å². The molecule has 0 atom stereocenters. The Labute approximate surface area is 86.3 Å². The molecule has 0 bridgehead atoms. The van der Waals surface area contributed by atoms with Crippen LogP contribution >= 0.6 is 0 Å². The highest BCUT2D eigenvalue weighted by Gasteiger charge is 2.31. The molecule has 15 heavy (non-hydrogen) atoms. The van der Waals surface area contributed by atoms with Crippen LogP contribution in [0, 0.1) is 0 Å². The van der Waals surface area contributed by atoms with Gasteiger partial charge in [-0.15, -0.1) is 0 Å². The lowest BCUT2D eigenvalue weighted by Gasteiger charge is -2.10. The Kier molecular flexibility index (Phi) is 2.67. The number of nitrogens with zero attached hydrogens (tertiary/aromatic N) is 1. The summed E-state index contributed by atoms with van der Waals surface area (Å²) in [6.45, 7) is 0. The van der Waals surface area contributed by atoms with E-state index in [9.17, 15) is 13.2 Å². The summed E-state index contributed by atoms with van der Waals surface area (Å²) in [6, 6.07) is 1.26. The third-order valence-corrected chi connectivity index (χ3v) is 2.75. The summed E-state index contributed by atoms with van der Waals surface area (Å²) in [4.78, 5) is 3.93. The molecule has 0 fully saturated rings. The maximum absolute atomic E-state index is 12.4. The van der Waals surface area contributed by atoms with E-state index in [4.69, 9.17) is 0 Å². The fraction of sp³-hybridized carbons (Fsp3) is 0.545. The molecule has 1 aliphatic rings. The number of rotatable bonds is 0. The van der Waals surface area contributed by atoms with Crippen LogP contribution in [0.15, 0.2) is 12.3 Å². The monoisotopic (exact) mass is 215 g/mol. The number of hydrogen-bond acceptors (Lipinski definition) is 1. The first-order chi connectivity index (χ1) is 7.07. The van der Waals surface area contributed by atoms with Crippen LogP contribution in [-0.4, -0.2) is 4.98 Å². The van der Waals surface area contributed by atoms with Crippen LogP contribution in [0.25, 0.3) is 0 Å². The third-order valence-electron chi connectivity index (χ3n) is 2.75. The molecule has 1 aliphatic carbocycles. The summed E-state index contributed by atoms with van der Waals surface area (Å²) in [7, 11) is 0. The van der Waals surface area contributed by atoms with Crippen molar-refractivity contribution >= 4 is 0 Å². The highest BCUT2D eigenvalue weighted by Crippen LogP contribution is 2.31. The van der Waals surface area contributed by atoms with Gasteiger partial charge in [0.2, 0.25) is 0 Å². The summed E-state index contributed by atoms with van der Waals surface area (Å²) in [5, 5.41) is 0. The van der Waals surface area contributed by atoms with Gasteiger partial charge in [0.15, 0.2) is 0 Å². The molecule has 0 N–H and O–H groups in total. The molecule has 1 heterocycles. The first-order valence-electron chi connectivity index (χ1n) is 5.12. The molecule has 0 radical (unpaired) electrons. The molecule has 2 rings (SSSR count). The highest BCUT2D eigenvalue weighted by molar-refractivity contribution is 5.28. The zero-order valence-corrected chi connectivity index (χ0v) is 8.27. The zero-order chi connectivity index (χ0) is 10.9. The number of alkyl halides is 3. The minimum Gasteiger partial charge on any atom is -0.260 e. The van der Waals surface area contributed by atoms with Crippen molar-refractivity contribution in [1.29, 1.82) is 0 Å². The first-order valence-corrected chi connectivity index (χ1v) is 5.12. The standard InChI is InChI=1S/C11H12F3N/c12-11(13,14)9-6-8-4-2-1-3-5-10(8)15-7-9/h6-7H,1-5H2. The average Bonchev–Trinajstić information content (AvgIpc) is 2.39. The smallest absolute Gasteiger partial charge is 0.260 e. The van der Waals surface area contributed by atoms with Crippen LogP contribution in [0.1, 0.15) is 36.1 Å². The molecule has 1 aromatic heterocycles. The maximum Gasteiger partial charge on any atom is 0.417 e. The summed E-state index contributed by atoms with van der Waals surface area (Å²) in [6.07, 6.45) is 1.30. The molecule has 0 aliphatic heterocycles. The van der Waals surface area contributed by atoms with E-state index in [-0.39, 0.29) is 0 Å². The van der Waals surface area contributed by atoms with Crippen LogP contribution in [0.5, 0.6) is 0 Å². The molecule has 0 spiro atoms. The van der Waals surface area contributed by atoms with Gasteiger partial charge in [0.05, 0.1) is 5.56 Å². The molecule has 0 unspecified atom stereocenters. The number of pyridine rings is 1. The Morgan fingerprint density at radius 2 is 1.80 bits per heavy atom. The van der Waals surface area contributed by atoms with Gasteiger partial charge in [0, 0.05) is 11.9 Å². The molecule has 1 nitrogen and oxygen atoms in total. The van der Waals surface area contributed by atoms with E-state index in [2.05, 4.69) is 4.98 Å². The van der Waals surface area contributed by atoms with Crippen molar-refractivity contribution in [2.45, 2.75) is 38.3 Å². The Balaban J connectivity index is 2.36. The van der Waals surface area contributed by atoms with Crippen molar-refractivity contribution in [2.24, 2.45) is 0 Å². The zero-order valence-electron chi connectivity index (χ0n) is 8.27. The van der Waals surface area contributed by atoms with Gasteiger partial charge in [0.25, 0.3) is 0 Å². The Morgan fingerprint density at radius 3 is 2.53 bits per heavy atom. The number of fused-ring (bicyclic) bond motifs is 1. The quantitative estimate of drug-likeness (QED) is 0.604. The average molecular weight is 215 g/mol. The fourth-order valence-electron chi connectivity index (χ4n) is 1.92. The van der Waals surface area contributed by atoms with Gasteiger partial charge in [-0.3, -0.25) is 4.98 Å². The Bertz CT molecular complexity index is 357. The van der Waals surface area contributed by atoms with Crippen LogP contribution < -0.4 is 0 Å². The van der Waals surface area contributed by atoms with Gasteiger partial charge in [0.1, 0.15) is 0 Å². The largest absolute Gasteiger partial charge is 0.417 e. The minimum absolute atomic E-state index is 0.622. The summed E-state index contributed by atoms with van der Waals surface area (Å²) < 4.78 is 37.3. The van der Waals surface area contributed by atoms with Gasteiger partial charge in [-0.1, -0.05) is 6.42 Å². The molecule has 0 saturated heterocycles. The molecular weight excluding hydrogens is 203 g/mol. The second-order valence-corrected chi connectivity index (χ2v) is 3.89. The third kappa shape index (κ3) is 2.30. The number of aromatic nitrogens is 1. The summed E-state index contributed by atoms with van der Waals surface area (Å²) in [5.41, 5.74) is 1.01. The second-order valence-electron chi connectivity index (χ2n) is 3.89. The maximum atomic E-state index is 12.4. The van der Waals surface area contributed by atoms with E-state index in [1.54, 1.807) is 0 Å². The van der Waals surface area contributed by atoms with Crippen LogP contribution in [-0.2, 0) is 19.0 Å². The van der Waals surface area contributed by atoms with Gasteiger partial charge >= 0.3 is 6.18 Å². The molecular formula is C11H12F3N. The van der Waals surface area contributed by atoms with E-state index in [1.165, 1.54) is 6.07 Å². The number of halogens is 3. The molecule has 0 aromatic carbocycles. The molecule has 0 amide bonds. The molecule has 0 saturated carbocycles. The summed E-state index contributed by atoms with van der Waals surface area (Å²) >= 11 is 0. The van der Waals surface area contributed by atoms with Crippen molar-refractivity contribution in [2.75, 3.05) is 0 Å². The van der Waals surface area contributed by atoms with E-state index < -0.39 is 11.7 Å². The van der Waals surface area contributed by atoms with Crippen molar-refractivity contribution in [3.8, 4) is 0 Å². The SMILES string of the molecule is FC(F)(F)c1cnc2c(c1)CCCCC2. The normalized spacial score (nSPS) is 17.0. The van der Waals surface area contributed by atoms with Gasteiger partial charge < -0.3 is 0 Å². The molecule has 1 aromatic rings. The second kappa shape index (κ2) is 3.83. The van der Waals surface area contributed by atoms with Crippen LogP contribution in [0.3, 0.4) is 0 Å². The van der Waals surface area contributed by atoms with E-state index in [1.807, 2.05) is 0 Å². The number of aryl methyl sites for hydroxylation is 2. The molecule has 82 valence electrons. The predicted molar refractivity (Wildman–Crippen MR) is 50.5 cm³/mol. The Morgan fingerprint density at radius 1 is 1.07 bits per heavy atom. The van der Waals surface area contributed by atoms with E-state index >= 15 is 0 Å². The van der Waals surface area contributed by atoms with Crippen molar-refractivity contribution in [1.82, 2.24) is 4.98 Å². The summed E-state index contributed by atoms with van der Waals surface area (Å²) in [5.74, 6) is 0. The van der Waals surface area contributed by atoms with Crippen molar-refractivity contribution < 1.29 is 13.2 Å².